The van der Waals surface area contributed by atoms with Crippen molar-refractivity contribution in [3.63, 3.8) is 0 Å². The highest BCUT2D eigenvalue weighted by atomic mass is 19.4. The van der Waals surface area contributed by atoms with E-state index < -0.39 is 23.6 Å². The number of nitrogens with zero attached hydrogens (tertiary/aromatic N) is 4. The lowest BCUT2D eigenvalue weighted by Gasteiger charge is -2.27. The summed E-state index contributed by atoms with van der Waals surface area (Å²) in [7, 11) is 0. The lowest BCUT2D eigenvalue weighted by atomic mass is 10.2. The molecule has 0 saturated carbocycles. The Morgan fingerprint density at radius 1 is 0.970 bits per heavy atom. The van der Waals surface area contributed by atoms with Gasteiger partial charge in [0.1, 0.15) is 17.1 Å². The fraction of sp³-hybridized carbons (Fsp3) is 0.304. The van der Waals surface area contributed by atoms with E-state index in [1.807, 2.05) is 30.3 Å². The lowest BCUT2D eigenvalue weighted by Crippen LogP contribution is -2.36. The van der Waals surface area contributed by atoms with Gasteiger partial charge in [-0.25, -0.2) is 19.7 Å². The minimum absolute atomic E-state index is 0.0461. The second kappa shape index (κ2) is 9.85. The molecular weight excluding hydrogens is 435 g/mol. The highest BCUT2D eigenvalue weighted by Gasteiger charge is 2.32. The van der Waals surface area contributed by atoms with Gasteiger partial charge in [0.05, 0.1) is 12.2 Å². The van der Waals surface area contributed by atoms with Crippen LogP contribution in [-0.2, 0) is 24.0 Å². The molecule has 1 amide bonds. The number of ether oxygens (including phenoxy) is 1. The molecule has 3 aromatic rings. The Labute approximate surface area is 189 Å². The third-order valence-electron chi connectivity index (χ3n) is 4.21. The van der Waals surface area contributed by atoms with Crippen molar-refractivity contribution in [2.45, 2.75) is 45.6 Å². The minimum atomic E-state index is -4.56. The van der Waals surface area contributed by atoms with Crippen LogP contribution in [0.25, 0.3) is 0 Å². The van der Waals surface area contributed by atoms with Crippen LogP contribution in [0.5, 0.6) is 0 Å². The molecule has 7 nitrogen and oxygen atoms in total. The molecule has 1 aromatic carbocycles. The summed E-state index contributed by atoms with van der Waals surface area (Å²) < 4.78 is 44.3. The van der Waals surface area contributed by atoms with Crippen LogP contribution in [0.1, 0.15) is 37.7 Å². The molecule has 33 heavy (non-hydrogen) atoms. The number of halogens is 3. The van der Waals surface area contributed by atoms with Crippen molar-refractivity contribution in [3.8, 4) is 0 Å². The topological polar surface area (TPSA) is 80.2 Å². The van der Waals surface area contributed by atoms with Crippen LogP contribution in [-0.4, -0.2) is 31.5 Å². The van der Waals surface area contributed by atoms with Crippen molar-refractivity contribution in [2.24, 2.45) is 0 Å². The molecule has 2 aromatic heterocycles. The van der Waals surface area contributed by atoms with E-state index in [-0.39, 0.29) is 24.9 Å². The molecule has 0 aliphatic rings. The maximum atomic E-state index is 12.9. The van der Waals surface area contributed by atoms with Crippen molar-refractivity contribution < 1.29 is 22.7 Å². The van der Waals surface area contributed by atoms with Gasteiger partial charge >= 0.3 is 12.3 Å². The standard InChI is InChI=1S/C23H24F3N5O2/c1-22(2,3)33-21(32)31(14-16-8-5-4-6-9-16)15-17-12-13-27-20(28-17)30-19-11-7-10-18(29-19)23(24,25)26/h4-13H,14-15H2,1-3H3,(H,27,28,29,30). The summed E-state index contributed by atoms with van der Waals surface area (Å²) in [6.45, 7) is 5.73. The number of hydrogen-bond donors (Lipinski definition) is 1. The maximum Gasteiger partial charge on any atom is 0.433 e. The number of pyridine rings is 1. The minimum Gasteiger partial charge on any atom is -0.444 e. The molecule has 0 radical (unpaired) electrons. The number of amides is 1. The summed E-state index contributed by atoms with van der Waals surface area (Å²) >= 11 is 0. The van der Waals surface area contributed by atoms with Crippen LogP contribution in [0.3, 0.4) is 0 Å². The molecule has 0 aliphatic carbocycles. The second-order valence-electron chi connectivity index (χ2n) is 8.22. The van der Waals surface area contributed by atoms with Gasteiger partial charge in [-0.1, -0.05) is 36.4 Å². The average molecular weight is 459 g/mol. The third kappa shape index (κ3) is 7.44. The summed E-state index contributed by atoms with van der Waals surface area (Å²) in [6.07, 6.45) is -3.63. The van der Waals surface area contributed by atoms with Gasteiger partial charge in [0.25, 0.3) is 0 Å². The van der Waals surface area contributed by atoms with E-state index in [2.05, 4.69) is 20.3 Å². The monoisotopic (exact) mass is 459 g/mol. The maximum absolute atomic E-state index is 12.9. The number of hydrogen-bond acceptors (Lipinski definition) is 6. The van der Waals surface area contributed by atoms with Crippen molar-refractivity contribution in [3.05, 3.63) is 77.7 Å². The molecule has 0 aliphatic heterocycles. The number of anilines is 2. The smallest absolute Gasteiger partial charge is 0.433 e. The van der Waals surface area contributed by atoms with Gasteiger partial charge in [0.2, 0.25) is 5.95 Å². The number of benzene rings is 1. The van der Waals surface area contributed by atoms with E-state index >= 15 is 0 Å². The summed E-state index contributed by atoms with van der Waals surface area (Å²) in [6, 6.07) is 14.5. The van der Waals surface area contributed by atoms with E-state index in [0.29, 0.717) is 5.69 Å². The van der Waals surface area contributed by atoms with E-state index in [9.17, 15) is 18.0 Å². The predicted molar refractivity (Wildman–Crippen MR) is 116 cm³/mol. The number of carbonyl (C=O) groups is 1. The van der Waals surface area contributed by atoms with E-state index in [1.165, 1.54) is 23.2 Å². The highest BCUT2D eigenvalue weighted by Crippen LogP contribution is 2.28. The quantitative estimate of drug-likeness (QED) is 0.519. The number of carbonyl (C=O) groups excluding carboxylic acids is 1. The van der Waals surface area contributed by atoms with Crippen LogP contribution < -0.4 is 5.32 Å². The Bertz CT molecular complexity index is 1090. The first-order valence-electron chi connectivity index (χ1n) is 10.1. The number of alkyl halides is 3. The Hall–Kier alpha value is -3.69. The molecule has 0 saturated heterocycles. The first kappa shape index (κ1) is 24.0. The third-order valence-corrected chi connectivity index (χ3v) is 4.21. The highest BCUT2D eigenvalue weighted by molar-refractivity contribution is 5.68. The Morgan fingerprint density at radius 3 is 2.36 bits per heavy atom. The lowest BCUT2D eigenvalue weighted by molar-refractivity contribution is -0.141. The van der Waals surface area contributed by atoms with Crippen LogP contribution >= 0.6 is 0 Å². The van der Waals surface area contributed by atoms with Crippen LogP contribution in [0, 0.1) is 0 Å². The number of aromatic nitrogens is 3. The van der Waals surface area contributed by atoms with Gasteiger partial charge in [-0.3, -0.25) is 4.90 Å². The van der Waals surface area contributed by atoms with E-state index in [1.54, 1.807) is 26.8 Å². The second-order valence-corrected chi connectivity index (χ2v) is 8.22. The van der Waals surface area contributed by atoms with Gasteiger partial charge in [0, 0.05) is 12.7 Å². The van der Waals surface area contributed by atoms with Crippen molar-refractivity contribution in [1.29, 1.82) is 0 Å². The zero-order valence-corrected chi connectivity index (χ0v) is 18.4. The van der Waals surface area contributed by atoms with Crippen LogP contribution in [0.15, 0.2) is 60.8 Å². The number of nitrogens with one attached hydrogen (secondary N) is 1. The van der Waals surface area contributed by atoms with Crippen LogP contribution in [0.4, 0.5) is 29.7 Å². The first-order valence-corrected chi connectivity index (χ1v) is 10.1. The van der Waals surface area contributed by atoms with Crippen LogP contribution in [0.2, 0.25) is 0 Å². The Balaban J connectivity index is 1.79. The molecule has 0 bridgehead atoms. The normalized spacial score (nSPS) is 11.7. The zero-order valence-electron chi connectivity index (χ0n) is 18.4. The molecule has 3 rings (SSSR count). The zero-order chi connectivity index (χ0) is 24.1. The molecule has 2 heterocycles. The van der Waals surface area contributed by atoms with Crippen molar-refractivity contribution in [2.75, 3.05) is 5.32 Å². The summed E-state index contributed by atoms with van der Waals surface area (Å²) in [4.78, 5) is 26.2. The van der Waals surface area contributed by atoms with E-state index in [0.717, 1.165) is 11.6 Å². The SMILES string of the molecule is CC(C)(C)OC(=O)N(Cc1ccccc1)Cc1ccnc(Nc2cccc(C(F)(F)F)n2)n1. The van der Waals surface area contributed by atoms with Gasteiger partial charge < -0.3 is 10.1 Å². The molecule has 10 heteroatoms. The van der Waals surface area contributed by atoms with Gasteiger partial charge in [-0.15, -0.1) is 0 Å². The molecule has 0 atom stereocenters. The molecule has 174 valence electrons. The van der Waals surface area contributed by atoms with Crippen molar-refractivity contribution in [1.82, 2.24) is 19.9 Å². The Morgan fingerprint density at radius 2 is 1.70 bits per heavy atom. The fourth-order valence-electron chi connectivity index (χ4n) is 2.83. The summed E-state index contributed by atoms with van der Waals surface area (Å²) in [5.74, 6) is 0.0124. The average Bonchev–Trinajstić information content (AvgIpc) is 2.73. The molecule has 1 N–H and O–H groups in total. The fourth-order valence-corrected chi connectivity index (χ4v) is 2.83. The van der Waals surface area contributed by atoms with Gasteiger partial charge in [-0.2, -0.15) is 13.2 Å². The van der Waals surface area contributed by atoms with Gasteiger partial charge in [-0.05, 0) is 44.5 Å². The van der Waals surface area contributed by atoms with E-state index in [4.69, 9.17) is 4.74 Å². The largest absolute Gasteiger partial charge is 0.444 e. The summed E-state index contributed by atoms with van der Waals surface area (Å²) in [5, 5.41) is 2.68. The molecule has 0 fully saturated rings. The van der Waals surface area contributed by atoms with Gasteiger partial charge in [0.15, 0.2) is 0 Å². The van der Waals surface area contributed by atoms with Crippen molar-refractivity contribution >= 4 is 17.9 Å². The molecular formula is C23H24F3N5O2. The number of rotatable bonds is 6. The summed E-state index contributed by atoms with van der Waals surface area (Å²) in [5.41, 5.74) is -0.327. The molecule has 0 spiro atoms. The predicted octanol–water partition coefficient (Wildman–Crippen LogP) is 5.57. The Kier molecular flexibility index (Phi) is 7.15. The first-order chi connectivity index (χ1) is 15.5. The molecule has 0 unspecified atom stereocenters.